The van der Waals surface area contributed by atoms with Gasteiger partial charge < -0.3 is 34.3 Å². The number of benzene rings is 2. The van der Waals surface area contributed by atoms with Crippen LogP contribution >= 0.6 is 11.6 Å². The summed E-state index contributed by atoms with van der Waals surface area (Å²) >= 11 is 5.93. The molecule has 0 radical (unpaired) electrons. The number of rotatable bonds is 2. The normalized spacial score (nSPS) is 27.5. The molecule has 0 saturated carbocycles. The Kier molecular flexibility index (Phi) is 4.49. The lowest BCUT2D eigenvalue weighted by Gasteiger charge is -2.38. The zero-order valence-corrected chi connectivity index (χ0v) is 16.1. The van der Waals surface area contributed by atoms with Gasteiger partial charge in [-0.1, -0.05) is 11.6 Å². The van der Waals surface area contributed by atoms with Crippen molar-refractivity contribution in [1.82, 2.24) is 0 Å². The third-order valence-corrected chi connectivity index (χ3v) is 5.78. The van der Waals surface area contributed by atoms with E-state index in [0.717, 1.165) is 0 Å². The minimum atomic E-state index is -1.36. The summed E-state index contributed by atoms with van der Waals surface area (Å²) in [4.78, 5) is 12.8. The van der Waals surface area contributed by atoms with Crippen molar-refractivity contribution in [3.8, 4) is 22.8 Å². The average Bonchev–Trinajstić information content (AvgIpc) is 3.09. The van der Waals surface area contributed by atoms with Crippen molar-refractivity contribution in [2.45, 2.75) is 30.5 Å². The van der Waals surface area contributed by atoms with Crippen LogP contribution in [0.4, 0.5) is 0 Å². The first-order valence-corrected chi connectivity index (χ1v) is 9.65. The molecule has 1 fully saturated rings. The SMILES string of the molecule is O=c1cc(-c2ccc(Cl)cc2)oc2c3c(cc(O)c12)O[C@H]1[C@@H](O)[C@H](O)[C@@H](CO)O[C@@H]31. The minimum Gasteiger partial charge on any atom is -0.507 e. The van der Waals surface area contributed by atoms with Crippen molar-refractivity contribution in [2.75, 3.05) is 6.61 Å². The van der Waals surface area contributed by atoms with E-state index in [1.54, 1.807) is 24.3 Å². The minimum absolute atomic E-state index is 0.0511. The summed E-state index contributed by atoms with van der Waals surface area (Å²) in [6.07, 6.45) is -5.67. The van der Waals surface area contributed by atoms with Crippen LogP contribution in [-0.2, 0) is 4.74 Å². The van der Waals surface area contributed by atoms with E-state index in [0.29, 0.717) is 16.1 Å². The van der Waals surface area contributed by atoms with Crippen molar-refractivity contribution in [3.05, 3.63) is 57.2 Å². The fourth-order valence-electron chi connectivity index (χ4n) is 4.04. The second-order valence-electron chi connectivity index (χ2n) is 7.33. The van der Waals surface area contributed by atoms with Crippen molar-refractivity contribution in [2.24, 2.45) is 0 Å². The summed E-state index contributed by atoms with van der Waals surface area (Å²) in [6, 6.07) is 9.20. The number of fused-ring (bicyclic) bond motifs is 5. The van der Waals surface area contributed by atoms with Gasteiger partial charge in [-0.05, 0) is 24.3 Å². The quantitative estimate of drug-likeness (QED) is 0.482. The number of hydrogen-bond acceptors (Lipinski definition) is 8. The average molecular weight is 433 g/mol. The van der Waals surface area contributed by atoms with Crippen LogP contribution in [0.3, 0.4) is 0 Å². The Balaban J connectivity index is 1.73. The molecule has 8 nitrogen and oxygen atoms in total. The highest BCUT2D eigenvalue weighted by molar-refractivity contribution is 6.30. The fraction of sp³-hybridized carbons (Fsp3) is 0.286. The lowest BCUT2D eigenvalue weighted by Crippen LogP contribution is -2.55. The second kappa shape index (κ2) is 6.97. The van der Waals surface area contributed by atoms with Gasteiger partial charge in [-0.3, -0.25) is 4.79 Å². The molecular weight excluding hydrogens is 416 g/mol. The molecule has 5 rings (SSSR count). The number of phenols is 1. The van der Waals surface area contributed by atoms with Crippen LogP contribution in [0, 0.1) is 0 Å². The van der Waals surface area contributed by atoms with Gasteiger partial charge in [0, 0.05) is 22.7 Å². The summed E-state index contributed by atoms with van der Waals surface area (Å²) < 4.78 is 17.5. The molecular formula is C21H17ClO8. The predicted octanol–water partition coefficient (Wildman–Crippen LogP) is 1.73. The third-order valence-electron chi connectivity index (χ3n) is 5.53. The van der Waals surface area contributed by atoms with Crippen molar-refractivity contribution in [1.29, 1.82) is 0 Å². The van der Waals surface area contributed by atoms with Gasteiger partial charge in [-0.2, -0.15) is 0 Å². The number of aliphatic hydroxyl groups is 3. The van der Waals surface area contributed by atoms with Crippen LogP contribution in [0.1, 0.15) is 11.7 Å². The van der Waals surface area contributed by atoms with E-state index >= 15 is 0 Å². The molecule has 0 spiro atoms. The van der Waals surface area contributed by atoms with Crippen LogP contribution < -0.4 is 10.2 Å². The maximum atomic E-state index is 12.8. The van der Waals surface area contributed by atoms with Gasteiger partial charge >= 0.3 is 0 Å². The van der Waals surface area contributed by atoms with Gasteiger partial charge in [0.15, 0.2) is 17.1 Å². The molecule has 2 aliphatic heterocycles. The predicted molar refractivity (Wildman–Crippen MR) is 106 cm³/mol. The summed E-state index contributed by atoms with van der Waals surface area (Å²) in [5.41, 5.74) is 0.500. The maximum absolute atomic E-state index is 12.8. The lowest BCUT2D eigenvalue weighted by atomic mass is 9.92. The Labute approximate surface area is 174 Å². The second-order valence-corrected chi connectivity index (χ2v) is 7.77. The number of aromatic hydroxyl groups is 1. The van der Waals surface area contributed by atoms with Gasteiger partial charge in [0.2, 0.25) is 0 Å². The first-order valence-electron chi connectivity index (χ1n) is 9.28. The van der Waals surface area contributed by atoms with Crippen LogP contribution in [0.15, 0.2) is 45.6 Å². The number of hydrogen-bond donors (Lipinski definition) is 4. The van der Waals surface area contributed by atoms with E-state index in [1.807, 2.05) is 0 Å². The molecule has 30 heavy (non-hydrogen) atoms. The summed E-state index contributed by atoms with van der Waals surface area (Å²) in [6.45, 7) is -0.521. The Hall–Kier alpha value is -2.62. The van der Waals surface area contributed by atoms with Gasteiger partial charge in [-0.15, -0.1) is 0 Å². The Morgan fingerprint density at radius 3 is 2.50 bits per heavy atom. The topological polar surface area (TPSA) is 130 Å². The van der Waals surface area contributed by atoms with E-state index in [1.165, 1.54) is 12.1 Å². The Morgan fingerprint density at radius 1 is 1.07 bits per heavy atom. The first-order chi connectivity index (χ1) is 14.4. The van der Waals surface area contributed by atoms with E-state index in [-0.39, 0.29) is 28.2 Å². The van der Waals surface area contributed by atoms with Gasteiger partial charge in [-0.25, -0.2) is 0 Å². The lowest BCUT2D eigenvalue weighted by molar-refractivity contribution is -0.215. The van der Waals surface area contributed by atoms with Gasteiger partial charge in [0.05, 0.1) is 12.2 Å². The number of phenolic OH excluding ortho intramolecular Hbond substituents is 1. The summed E-state index contributed by atoms with van der Waals surface area (Å²) in [7, 11) is 0. The molecule has 9 heteroatoms. The summed E-state index contributed by atoms with van der Waals surface area (Å²) in [5.74, 6) is 0.0688. The monoisotopic (exact) mass is 432 g/mol. The van der Waals surface area contributed by atoms with E-state index in [2.05, 4.69) is 0 Å². The third kappa shape index (κ3) is 2.80. The van der Waals surface area contributed by atoms with Crippen LogP contribution in [0.5, 0.6) is 11.5 Å². The highest BCUT2D eigenvalue weighted by Gasteiger charge is 2.52. The van der Waals surface area contributed by atoms with Crippen molar-refractivity contribution in [3.63, 3.8) is 0 Å². The largest absolute Gasteiger partial charge is 0.507 e. The fourth-order valence-corrected chi connectivity index (χ4v) is 4.16. The molecule has 0 aliphatic carbocycles. The van der Waals surface area contributed by atoms with E-state index < -0.39 is 42.6 Å². The number of ether oxygens (including phenoxy) is 2. The van der Waals surface area contributed by atoms with Crippen LogP contribution in [0.25, 0.3) is 22.3 Å². The van der Waals surface area contributed by atoms with Crippen LogP contribution in [-0.4, -0.2) is 51.4 Å². The van der Waals surface area contributed by atoms with Crippen molar-refractivity contribution < 1.29 is 34.3 Å². The molecule has 0 amide bonds. The zero-order valence-electron chi connectivity index (χ0n) is 15.4. The highest BCUT2D eigenvalue weighted by Crippen LogP contribution is 2.49. The number of halogens is 1. The molecule has 3 heterocycles. The standard InChI is InChI=1S/C21H17ClO8/c22-9-3-1-8(2-4-9)12-5-10(24)15-11(25)6-13-16(19(15)28-12)20-21(29-13)18(27)17(26)14(7-23)30-20/h1-6,14,17-18,20-21,23,25-27H,7H2/t14-,17-,18+,20+,21+/m1/s1. The van der Waals surface area contributed by atoms with Crippen molar-refractivity contribution >= 4 is 22.6 Å². The summed E-state index contributed by atoms with van der Waals surface area (Å²) in [5, 5.41) is 41.0. The molecule has 1 saturated heterocycles. The molecule has 0 unspecified atom stereocenters. The van der Waals surface area contributed by atoms with E-state index in [9.17, 15) is 25.2 Å². The van der Waals surface area contributed by atoms with Gasteiger partial charge in [0.1, 0.15) is 47.1 Å². The first kappa shape index (κ1) is 19.3. The molecule has 2 aromatic carbocycles. The zero-order chi connectivity index (χ0) is 21.2. The molecule has 1 aromatic heterocycles. The van der Waals surface area contributed by atoms with Crippen LogP contribution in [0.2, 0.25) is 5.02 Å². The molecule has 4 N–H and O–H groups in total. The van der Waals surface area contributed by atoms with E-state index in [4.69, 9.17) is 25.5 Å². The van der Waals surface area contributed by atoms with Gasteiger partial charge in [0.25, 0.3) is 0 Å². The molecule has 0 bridgehead atoms. The maximum Gasteiger partial charge on any atom is 0.197 e. The Bertz CT molecular complexity index is 1190. The molecule has 5 atom stereocenters. The molecule has 3 aromatic rings. The Morgan fingerprint density at radius 2 is 1.80 bits per heavy atom. The molecule has 2 aliphatic rings. The number of aliphatic hydroxyl groups excluding tert-OH is 3. The highest BCUT2D eigenvalue weighted by atomic mass is 35.5. The molecule has 156 valence electrons. The smallest absolute Gasteiger partial charge is 0.197 e.